The van der Waals surface area contributed by atoms with Crippen LogP contribution < -0.4 is 10.6 Å². The highest BCUT2D eigenvalue weighted by Gasteiger charge is 2.21. The molecule has 2 aromatic rings. The summed E-state index contributed by atoms with van der Waals surface area (Å²) in [6.45, 7) is 8.12. The maximum absolute atomic E-state index is 12.5. The van der Waals surface area contributed by atoms with Crippen molar-refractivity contribution in [2.24, 2.45) is 7.05 Å². The van der Waals surface area contributed by atoms with Gasteiger partial charge in [0.1, 0.15) is 5.69 Å². The average molecular weight is 328 g/mol. The molecule has 0 bridgehead atoms. The Balaban J connectivity index is 2.29. The van der Waals surface area contributed by atoms with Crippen molar-refractivity contribution in [3.8, 4) is 0 Å². The highest BCUT2D eigenvalue weighted by atomic mass is 16.2. The van der Waals surface area contributed by atoms with Crippen LogP contribution in [0.1, 0.15) is 52.9 Å². The van der Waals surface area contributed by atoms with Gasteiger partial charge < -0.3 is 10.6 Å². The summed E-state index contributed by atoms with van der Waals surface area (Å²) in [5, 5.41) is 9.58. The van der Waals surface area contributed by atoms with Crippen LogP contribution in [0.3, 0.4) is 0 Å². The number of benzene rings is 1. The molecule has 0 saturated carbocycles. The van der Waals surface area contributed by atoms with E-state index in [9.17, 15) is 9.59 Å². The fourth-order valence-electron chi connectivity index (χ4n) is 2.49. The van der Waals surface area contributed by atoms with Crippen LogP contribution in [0.2, 0.25) is 0 Å². The van der Waals surface area contributed by atoms with E-state index in [2.05, 4.69) is 36.5 Å². The predicted octanol–water partition coefficient (Wildman–Crippen LogP) is 2.64. The second-order valence-corrected chi connectivity index (χ2v) is 6.79. The molecule has 0 unspecified atom stereocenters. The minimum absolute atomic E-state index is 0.0291. The van der Waals surface area contributed by atoms with Gasteiger partial charge in [-0.1, -0.05) is 32.9 Å². The van der Waals surface area contributed by atoms with E-state index in [-0.39, 0.29) is 17.2 Å². The smallest absolute Gasteiger partial charge is 0.271 e. The van der Waals surface area contributed by atoms with E-state index in [1.807, 2.05) is 12.1 Å². The van der Waals surface area contributed by atoms with Crippen LogP contribution in [0.25, 0.3) is 0 Å². The molecule has 6 heteroatoms. The Morgan fingerprint density at radius 3 is 2.17 bits per heavy atom. The quantitative estimate of drug-likeness (QED) is 0.909. The van der Waals surface area contributed by atoms with Crippen LogP contribution in [-0.2, 0) is 12.5 Å². The van der Waals surface area contributed by atoms with Crippen LogP contribution >= 0.6 is 0 Å². The minimum atomic E-state index is -0.295. The van der Waals surface area contributed by atoms with Gasteiger partial charge in [-0.25, -0.2) is 0 Å². The van der Waals surface area contributed by atoms with Gasteiger partial charge in [-0.3, -0.25) is 14.3 Å². The molecule has 0 aliphatic heterocycles. The zero-order valence-electron chi connectivity index (χ0n) is 15.0. The first kappa shape index (κ1) is 17.7. The molecule has 128 valence electrons. The molecule has 0 saturated heterocycles. The van der Waals surface area contributed by atoms with Crippen molar-refractivity contribution in [1.82, 2.24) is 15.1 Å². The average Bonchev–Trinajstić information content (AvgIpc) is 2.79. The Labute approximate surface area is 142 Å². The van der Waals surface area contributed by atoms with Crippen molar-refractivity contribution in [2.45, 2.75) is 33.1 Å². The molecule has 0 atom stereocenters. The number of carbonyl (C=O) groups is 2. The lowest BCUT2D eigenvalue weighted by atomic mass is 9.87. The molecule has 1 aromatic heterocycles. The van der Waals surface area contributed by atoms with Crippen LogP contribution in [0.5, 0.6) is 0 Å². The summed E-state index contributed by atoms with van der Waals surface area (Å²) in [5.41, 5.74) is 3.07. The first-order chi connectivity index (χ1) is 11.1. The molecule has 6 nitrogen and oxygen atoms in total. The number of carbonyl (C=O) groups excluding carboxylic acids is 2. The summed E-state index contributed by atoms with van der Waals surface area (Å²) in [5.74, 6) is -0.562. The van der Waals surface area contributed by atoms with Gasteiger partial charge in [0.2, 0.25) is 0 Å². The molecule has 2 amide bonds. The van der Waals surface area contributed by atoms with Crippen LogP contribution in [-0.4, -0.2) is 28.6 Å². The number of nitrogens with one attached hydrogen (secondary N) is 2. The van der Waals surface area contributed by atoms with Crippen LogP contribution in [0.4, 0.5) is 5.69 Å². The Bertz CT molecular complexity index is 768. The molecule has 1 heterocycles. The third kappa shape index (κ3) is 3.48. The fraction of sp³-hybridized carbons (Fsp3) is 0.389. The van der Waals surface area contributed by atoms with Crippen molar-refractivity contribution in [1.29, 1.82) is 0 Å². The molecule has 2 N–H and O–H groups in total. The van der Waals surface area contributed by atoms with Crippen molar-refractivity contribution in [2.75, 3.05) is 12.4 Å². The summed E-state index contributed by atoms with van der Waals surface area (Å²) in [4.78, 5) is 24.5. The van der Waals surface area contributed by atoms with E-state index >= 15 is 0 Å². The second kappa shape index (κ2) is 6.47. The third-order valence-electron chi connectivity index (χ3n) is 3.92. The van der Waals surface area contributed by atoms with E-state index in [1.54, 1.807) is 33.2 Å². The number of hydrogen-bond donors (Lipinski definition) is 2. The van der Waals surface area contributed by atoms with Gasteiger partial charge in [0.15, 0.2) is 0 Å². The van der Waals surface area contributed by atoms with E-state index in [0.717, 1.165) is 5.56 Å². The number of amides is 2. The van der Waals surface area contributed by atoms with Gasteiger partial charge >= 0.3 is 0 Å². The highest BCUT2D eigenvalue weighted by Crippen LogP contribution is 2.24. The van der Waals surface area contributed by atoms with E-state index < -0.39 is 0 Å². The zero-order chi connectivity index (χ0) is 18.1. The number of hydrogen-bond acceptors (Lipinski definition) is 3. The van der Waals surface area contributed by atoms with Crippen molar-refractivity contribution < 1.29 is 9.59 Å². The number of rotatable bonds is 3. The topological polar surface area (TPSA) is 76.0 Å². The van der Waals surface area contributed by atoms with Gasteiger partial charge in [0, 0.05) is 19.7 Å². The van der Waals surface area contributed by atoms with Crippen molar-refractivity contribution in [3.63, 3.8) is 0 Å². The van der Waals surface area contributed by atoms with Gasteiger partial charge in [-0.05, 0) is 30.0 Å². The molecule has 24 heavy (non-hydrogen) atoms. The van der Waals surface area contributed by atoms with Crippen LogP contribution in [0, 0.1) is 6.92 Å². The molecule has 0 radical (unpaired) electrons. The lowest BCUT2D eigenvalue weighted by Crippen LogP contribution is -2.23. The standard InChI is InChI=1S/C18H24N4O2/c1-11-14(15(17(24)19-5)22(6)21-11)20-16(23)12-7-9-13(10-8-12)18(2,3)4/h7-10H,1-6H3,(H,19,24)(H,20,23). The minimum Gasteiger partial charge on any atom is -0.354 e. The van der Waals surface area contributed by atoms with Crippen LogP contribution in [0.15, 0.2) is 24.3 Å². The highest BCUT2D eigenvalue weighted by molar-refractivity contribution is 6.08. The summed E-state index contributed by atoms with van der Waals surface area (Å²) < 4.78 is 1.46. The first-order valence-corrected chi connectivity index (χ1v) is 7.82. The van der Waals surface area contributed by atoms with Crippen molar-refractivity contribution in [3.05, 3.63) is 46.8 Å². The fourth-order valence-corrected chi connectivity index (χ4v) is 2.49. The molecule has 2 rings (SSSR count). The van der Waals surface area contributed by atoms with Gasteiger partial charge in [0.05, 0.1) is 11.4 Å². The summed E-state index contributed by atoms with van der Waals surface area (Å²) in [6.07, 6.45) is 0. The Kier molecular flexibility index (Phi) is 4.78. The first-order valence-electron chi connectivity index (χ1n) is 7.82. The molecule has 0 aliphatic rings. The number of aromatic nitrogens is 2. The second-order valence-electron chi connectivity index (χ2n) is 6.79. The molecule has 0 spiro atoms. The summed E-state index contributed by atoms with van der Waals surface area (Å²) in [6, 6.07) is 7.48. The lowest BCUT2D eigenvalue weighted by molar-refractivity contribution is 0.0954. The van der Waals surface area contributed by atoms with E-state index in [1.165, 1.54) is 4.68 Å². The SMILES string of the molecule is CNC(=O)c1c(NC(=O)c2ccc(C(C)(C)C)cc2)c(C)nn1C. The maximum Gasteiger partial charge on any atom is 0.271 e. The van der Waals surface area contributed by atoms with Gasteiger partial charge in [0.25, 0.3) is 11.8 Å². The Morgan fingerprint density at radius 1 is 1.08 bits per heavy atom. The Morgan fingerprint density at radius 2 is 1.67 bits per heavy atom. The summed E-state index contributed by atoms with van der Waals surface area (Å²) >= 11 is 0. The zero-order valence-corrected chi connectivity index (χ0v) is 15.0. The summed E-state index contributed by atoms with van der Waals surface area (Å²) in [7, 11) is 3.22. The van der Waals surface area contributed by atoms with Gasteiger partial charge in [-0.15, -0.1) is 0 Å². The molecule has 1 aromatic carbocycles. The normalized spacial score (nSPS) is 11.2. The third-order valence-corrected chi connectivity index (χ3v) is 3.92. The monoisotopic (exact) mass is 328 g/mol. The van der Waals surface area contributed by atoms with E-state index in [4.69, 9.17) is 0 Å². The number of nitrogens with zero attached hydrogens (tertiary/aromatic N) is 2. The van der Waals surface area contributed by atoms with E-state index in [0.29, 0.717) is 22.6 Å². The molecular formula is C18H24N4O2. The van der Waals surface area contributed by atoms with Crippen molar-refractivity contribution >= 4 is 17.5 Å². The van der Waals surface area contributed by atoms with Gasteiger partial charge in [-0.2, -0.15) is 5.10 Å². The maximum atomic E-state index is 12.5. The largest absolute Gasteiger partial charge is 0.354 e. The lowest BCUT2D eigenvalue weighted by Gasteiger charge is -2.19. The predicted molar refractivity (Wildman–Crippen MR) is 94.4 cm³/mol. The number of anilines is 1. The molecular weight excluding hydrogens is 304 g/mol. The number of aryl methyl sites for hydroxylation is 2. The Hall–Kier alpha value is -2.63. The molecule has 0 fully saturated rings. The molecule has 0 aliphatic carbocycles.